The van der Waals surface area contributed by atoms with Crippen LogP contribution in [-0.4, -0.2) is 22.5 Å². The highest BCUT2D eigenvalue weighted by atomic mass is 35.5. The fourth-order valence-corrected chi connectivity index (χ4v) is 2.52. The zero-order chi connectivity index (χ0) is 19.9. The highest BCUT2D eigenvalue weighted by molar-refractivity contribution is 6.35. The average Bonchev–Trinajstić information content (AvgIpc) is 2.69. The molecule has 28 heavy (non-hydrogen) atoms. The Hall–Kier alpha value is -3.23. The fourth-order valence-electron chi connectivity index (χ4n) is 2.06. The van der Waals surface area contributed by atoms with Crippen molar-refractivity contribution in [2.75, 3.05) is 17.8 Å². The third-order valence-corrected chi connectivity index (χ3v) is 3.91. The molecule has 0 saturated heterocycles. The molecule has 0 saturated carbocycles. The number of carbonyl (C=O) groups is 1. The Labute approximate surface area is 170 Å². The van der Waals surface area contributed by atoms with Gasteiger partial charge in [-0.05, 0) is 30.3 Å². The molecule has 0 aliphatic rings. The Bertz CT molecular complexity index is 973. The fraction of sp³-hybridized carbons (Fsp3) is 0.0556. The van der Waals surface area contributed by atoms with Crippen LogP contribution in [0.1, 0.15) is 0 Å². The lowest BCUT2D eigenvalue weighted by Gasteiger charge is -2.13. The molecule has 0 atom stereocenters. The Morgan fingerprint density at radius 3 is 2.64 bits per heavy atom. The van der Waals surface area contributed by atoms with Gasteiger partial charge in [-0.2, -0.15) is 4.98 Å². The number of halogens is 2. The maximum Gasteiger partial charge on any atom is 0.276 e. The normalized spacial score (nSPS) is 10.2. The molecular formula is C18H15Cl2N5O3. The van der Waals surface area contributed by atoms with E-state index in [1.54, 1.807) is 24.3 Å². The van der Waals surface area contributed by atoms with E-state index in [1.165, 1.54) is 12.4 Å². The molecule has 0 aliphatic carbocycles. The van der Waals surface area contributed by atoms with E-state index in [0.717, 1.165) is 0 Å². The van der Waals surface area contributed by atoms with Crippen molar-refractivity contribution < 1.29 is 14.3 Å². The summed E-state index contributed by atoms with van der Waals surface area (Å²) in [6.45, 7) is -0.285. The number of nitrogens with one attached hydrogen (secondary N) is 2. The second-order valence-electron chi connectivity index (χ2n) is 5.39. The van der Waals surface area contributed by atoms with Crippen LogP contribution in [0.3, 0.4) is 0 Å². The minimum Gasteiger partial charge on any atom is -0.482 e. The van der Waals surface area contributed by atoms with Crippen molar-refractivity contribution in [1.29, 1.82) is 0 Å². The van der Waals surface area contributed by atoms with E-state index >= 15 is 0 Å². The molecule has 10 heteroatoms. The van der Waals surface area contributed by atoms with Crippen molar-refractivity contribution in [2.24, 2.45) is 0 Å². The van der Waals surface area contributed by atoms with Crippen LogP contribution in [0.25, 0.3) is 0 Å². The predicted octanol–water partition coefficient (Wildman–Crippen LogP) is 3.68. The lowest BCUT2D eigenvalue weighted by atomic mass is 10.3. The maximum absolute atomic E-state index is 12.0. The molecule has 0 fully saturated rings. The summed E-state index contributed by atoms with van der Waals surface area (Å²) in [7, 11) is 0. The van der Waals surface area contributed by atoms with Gasteiger partial charge in [0.05, 0.1) is 5.02 Å². The van der Waals surface area contributed by atoms with Gasteiger partial charge in [0, 0.05) is 5.02 Å². The molecule has 0 bridgehead atoms. The summed E-state index contributed by atoms with van der Waals surface area (Å²) in [5.74, 6) is 0.757. The van der Waals surface area contributed by atoms with E-state index in [0.29, 0.717) is 21.5 Å². The number of aromatic nitrogens is 2. The van der Waals surface area contributed by atoms with E-state index in [4.69, 9.17) is 38.4 Å². The second-order valence-corrected chi connectivity index (χ2v) is 6.24. The number of para-hydroxylation sites is 1. The van der Waals surface area contributed by atoms with Crippen molar-refractivity contribution in [2.45, 2.75) is 0 Å². The van der Waals surface area contributed by atoms with Crippen LogP contribution in [0.2, 0.25) is 10.0 Å². The standard InChI is InChI=1S/C18H15Cl2N5O3/c19-11-6-7-14(13(20)8-11)27-9-15(26)24-25-17-16(21)18(23-10-22-17)28-12-4-2-1-3-5-12/h1-8,10H,9,21H2,(H,24,26)(H,22,23,25). The molecule has 2 aromatic carbocycles. The number of amides is 1. The number of nitrogens with zero attached hydrogens (tertiary/aromatic N) is 2. The van der Waals surface area contributed by atoms with Gasteiger partial charge in [0.2, 0.25) is 5.88 Å². The molecule has 1 amide bonds. The summed E-state index contributed by atoms with van der Waals surface area (Å²) in [4.78, 5) is 19.9. The molecule has 3 rings (SSSR count). The molecule has 1 heterocycles. The maximum atomic E-state index is 12.0. The number of hydrazine groups is 1. The highest BCUT2D eigenvalue weighted by Gasteiger charge is 2.12. The van der Waals surface area contributed by atoms with E-state index < -0.39 is 5.91 Å². The number of anilines is 2. The SMILES string of the molecule is Nc1c(NNC(=O)COc2ccc(Cl)cc2Cl)ncnc1Oc1ccccc1. The van der Waals surface area contributed by atoms with Crippen LogP contribution in [0, 0.1) is 0 Å². The molecule has 4 N–H and O–H groups in total. The smallest absolute Gasteiger partial charge is 0.276 e. The highest BCUT2D eigenvalue weighted by Crippen LogP contribution is 2.29. The summed E-state index contributed by atoms with van der Waals surface area (Å²) in [6, 6.07) is 13.7. The van der Waals surface area contributed by atoms with E-state index in [9.17, 15) is 4.79 Å². The number of nitrogens with two attached hydrogens (primary N) is 1. The Balaban J connectivity index is 1.56. The minimum atomic E-state index is -0.477. The molecule has 144 valence electrons. The Morgan fingerprint density at radius 2 is 1.89 bits per heavy atom. The zero-order valence-corrected chi connectivity index (χ0v) is 15.9. The van der Waals surface area contributed by atoms with Gasteiger partial charge in [-0.25, -0.2) is 4.98 Å². The van der Waals surface area contributed by atoms with Gasteiger partial charge < -0.3 is 15.2 Å². The van der Waals surface area contributed by atoms with Gasteiger partial charge in [-0.3, -0.25) is 15.6 Å². The molecule has 0 radical (unpaired) electrons. The number of nitrogen functional groups attached to an aromatic ring is 1. The zero-order valence-electron chi connectivity index (χ0n) is 14.4. The van der Waals surface area contributed by atoms with Crippen LogP contribution in [0.5, 0.6) is 17.4 Å². The largest absolute Gasteiger partial charge is 0.482 e. The number of rotatable bonds is 7. The molecule has 1 aromatic heterocycles. The predicted molar refractivity (Wildman–Crippen MR) is 107 cm³/mol. The topological polar surface area (TPSA) is 111 Å². The quantitative estimate of drug-likeness (QED) is 0.500. The Morgan fingerprint density at radius 1 is 1.11 bits per heavy atom. The van der Waals surface area contributed by atoms with Crippen molar-refractivity contribution in [3.8, 4) is 17.4 Å². The van der Waals surface area contributed by atoms with E-state index in [-0.39, 0.29) is 24.0 Å². The third kappa shape index (κ3) is 5.15. The van der Waals surface area contributed by atoms with E-state index in [1.807, 2.05) is 18.2 Å². The third-order valence-electron chi connectivity index (χ3n) is 3.38. The summed E-state index contributed by atoms with van der Waals surface area (Å²) >= 11 is 11.8. The van der Waals surface area contributed by atoms with Gasteiger partial charge in [0.1, 0.15) is 23.5 Å². The van der Waals surface area contributed by atoms with Gasteiger partial charge in [0.15, 0.2) is 12.4 Å². The summed E-state index contributed by atoms with van der Waals surface area (Å²) in [5, 5.41) is 0.771. The van der Waals surface area contributed by atoms with Crippen LogP contribution >= 0.6 is 23.2 Å². The molecule has 3 aromatic rings. The Kier molecular flexibility index (Phi) is 6.36. The molecular weight excluding hydrogens is 405 g/mol. The van der Waals surface area contributed by atoms with Gasteiger partial charge >= 0.3 is 0 Å². The first-order chi connectivity index (χ1) is 13.5. The summed E-state index contributed by atoms with van der Waals surface area (Å²) < 4.78 is 10.9. The first kappa shape index (κ1) is 19.5. The van der Waals surface area contributed by atoms with Crippen molar-refractivity contribution in [3.05, 3.63) is 64.9 Å². The number of hydrogen-bond donors (Lipinski definition) is 3. The monoisotopic (exact) mass is 419 g/mol. The number of ether oxygens (including phenoxy) is 2. The van der Waals surface area contributed by atoms with Crippen LogP contribution < -0.4 is 26.1 Å². The first-order valence-electron chi connectivity index (χ1n) is 7.99. The lowest BCUT2D eigenvalue weighted by molar-refractivity contribution is -0.122. The van der Waals surface area contributed by atoms with Gasteiger partial charge in [-0.1, -0.05) is 41.4 Å². The van der Waals surface area contributed by atoms with E-state index in [2.05, 4.69) is 20.8 Å². The molecule has 0 spiro atoms. The first-order valence-corrected chi connectivity index (χ1v) is 8.74. The van der Waals surface area contributed by atoms with Gasteiger partial charge in [0.25, 0.3) is 5.91 Å². The van der Waals surface area contributed by atoms with Crippen LogP contribution in [-0.2, 0) is 4.79 Å². The molecule has 8 nitrogen and oxygen atoms in total. The number of hydrogen-bond acceptors (Lipinski definition) is 7. The minimum absolute atomic E-state index is 0.133. The van der Waals surface area contributed by atoms with Crippen LogP contribution in [0.4, 0.5) is 11.5 Å². The van der Waals surface area contributed by atoms with Crippen LogP contribution in [0.15, 0.2) is 54.9 Å². The average molecular weight is 420 g/mol. The number of carbonyl (C=O) groups excluding carboxylic acids is 1. The van der Waals surface area contributed by atoms with Crippen molar-refractivity contribution >= 4 is 40.6 Å². The molecule has 0 unspecified atom stereocenters. The number of benzene rings is 2. The summed E-state index contributed by atoms with van der Waals surface area (Å²) in [6.07, 6.45) is 1.26. The second kappa shape index (κ2) is 9.12. The van der Waals surface area contributed by atoms with Crippen molar-refractivity contribution in [3.63, 3.8) is 0 Å². The van der Waals surface area contributed by atoms with Gasteiger partial charge in [-0.15, -0.1) is 0 Å². The van der Waals surface area contributed by atoms with Crippen molar-refractivity contribution in [1.82, 2.24) is 15.4 Å². The lowest BCUT2D eigenvalue weighted by Crippen LogP contribution is -2.34. The molecule has 0 aliphatic heterocycles. The summed E-state index contributed by atoms with van der Waals surface area (Å²) in [5.41, 5.74) is 11.2.